The average molecular weight is 244 g/mol. The maximum Gasteiger partial charge on any atom is 0.254 e. The van der Waals surface area contributed by atoms with Crippen LogP contribution in [0.15, 0.2) is 6.07 Å². The first-order valence-electron chi connectivity index (χ1n) is 6.71. The number of hydrogen-bond donors (Lipinski definition) is 1. The lowest BCUT2D eigenvalue weighted by Gasteiger charge is -2.41. The highest BCUT2D eigenvalue weighted by Crippen LogP contribution is 2.30. The van der Waals surface area contributed by atoms with E-state index in [1.807, 2.05) is 4.90 Å². The molecule has 3 nitrogen and oxygen atoms in total. The largest absolute Gasteiger partial charge is 0.333 e. The topological polar surface area (TPSA) is 32.3 Å². The Labute approximate surface area is 108 Å². The van der Waals surface area contributed by atoms with E-state index in [9.17, 15) is 4.79 Å². The Balaban J connectivity index is 2.13. The number of nitrogens with zero attached hydrogens (tertiary/aromatic N) is 1. The van der Waals surface area contributed by atoms with E-state index in [1.165, 1.54) is 22.3 Å². The molecule has 1 amide bonds. The van der Waals surface area contributed by atoms with Crippen LogP contribution in [0, 0.1) is 20.8 Å². The number of carbonyl (C=O) groups is 1. The van der Waals surface area contributed by atoms with Gasteiger partial charge in [-0.1, -0.05) is 0 Å². The van der Waals surface area contributed by atoms with Crippen LogP contribution < -0.4 is 5.32 Å². The van der Waals surface area contributed by atoms with Crippen molar-refractivity contribution in [3.63, 3.8) is 0 Å². The lowest BCUT2D eigenvalue weighted by molar-refractivity contribution is 0.0606. The van der Waals surface area contributed by atoms with E-state index < -0.39 is 0 Å². The molecule has 2 aliphatic rings. The molecule has 96 valence electrons. The highest BCUT2D eigenvalue weighted by Gasteiger charge is 2.34. The predicted octanol–water partition coefficient (Wildman–Crippen LogP) is 1.58. The number of benzene rings is 1. The second kappa shape index (κ2) is 4.09. The summed E-state index contributed by atoms with van der Waals surface area (Å²) in [6.45, 7) is 9.09. The Morgan fingerprint density at radius 1 is 1.28 bits per heavy atom. The molecule has 3 heteroatoms. The lowest BCUT2D eigenvalue weighted by Crippen LogP contribution is -2.56. The van der Waals surface area contributed by atoms with Gasteiger partial charge in [-0.15, -0.1) is 0 Å². The van der Waals surface area contributed by atoms with Crippen LogP contribution in [0.2, 0.25) is 0 Å². The van der Waals surface area contributed by atoms with Gasteiger partial charge in [-0.3, -0.25) is 4.79 Å². The summed E-state index contributed by atoms with van der Waals surface area (Å²) in [5.74, 6) is 0.231. The van der Waals surface area contributed by atoms with Crippen LogP contribution in [0.1, 0.15) is 32.6 Å². The minimum Gasteiger partial charge on any atom is -0.333 e. The van der Waals surface area contributed by atoms with Gasteiger partial charge in [0.25, 0.3) is 5.91 Å². The first kappa shape index (κ1) is 11.7. The highest BCUT2D eigenvalue weighted by molar-refractivity contribution is 5.98. The van der Waals surface area contributed by atoms with Crippen molar-refractivity contribution in [2.45, 2.75) is 33.2 Å². The summed E-state index contributed by atoms with van der Waals surface area (Å²) in [6.07, 6.45) is 1.00. The third kappa shape index (κ3) is 1.57. The van der Waals surface area contributed by atoms with Crippen LogP contribution in [-0.2, 0) is 6.42 Å². The maximum absolute atomic E-state index is 12.6. The number of aryl methyl sites for hydroxylation is 1. The summed E-state index contributed by atoms with van der Waals surface area (Å²) < 4.78 is 0. The summed E-state index contributed by atoms with van der Waals surface area (Å²) in [5, 5.41) is 3.39. The Bertz CT molecular complexity index is 522. The lowest BCUT2D eigenvalue weighted by atomic mass is 9.85. The molecule has 2 heterocycles. The highest BCUT2D eigenvalue weighted by atomic mass is 16.2. The van der Waals surface area contributed by atoms with Crippen molar-refractivity contribution in [2.24, 2.45) is 0 Å². The maximum atomic E-state index is 12.6. The normalized spacial score (nSPS) is 22.7. The third-order valence-electron chi connectivity index (χ3n) is 4.57. The van der Waals surface area contributed by atoms with Gasteiger partial charge < -0.3 is 10.2 Å². The van der Waals surface area contributed by atoms with Gasteiger partial charge in [-0.2, -0.15) is 0 Å². The van der Waals surface area contributed by atoms with Gasteiger partial charge >= 0.3 is 0 Å². The summed E-state index contributed by atoms with van der Waals surface area (Å²) in [5.41, 5.74) is 6.08. The van der Waals surface area contributed by atoms with Gasteiger partial charge in [0.2, 0.25) is 0 Å². The molecule has 1 N–H and O–H groups in total. The van der Waals surface area contributed by atoms with Crippen molar-refractivity contribution >= 4 is 5.91 Å². The molecule has 1 aromatic carbocycles. The summed E-state index contributed by atoms with van der Waals surface area (Å²) in [4.78, 5) is 14.6. The summed E-state index contributed by atoms with van der Waals surface area (Å²) >= 11 is 0. The van der Waals surface area contributed by atoms with Crippen molar-refractivity contribution in [2.75, 3.05) is 19.6 Å². The number of rotatable bonds is 0. The Hall–Kier alpha value is -1.35. The SMILES string of the molecule is Cc1cc2c(c(C)c1C)CC1CNCCN1C2=O. The zero-order chi connectivity index (χ0) is 12.9. The molecule has 18 heavy (non-hydrogen) atoms. The van der Waals surface area contributed by atoms with Gasteiger partial charge in [0.15, 0.2) is 0 Å². The number of fused-ring (bicyclic) bond motifs is 2. The smallest absolute Gasteiger partial charge is 0.254 e. The zero-order valence-corrected chi connectivity index (χ0v) is 11.3. The van der Waals surface area contributed by atoms with Crippen LogP contribution in [0.25, 0.3) is 0 Å². The molecule has 0 bridgehead atoms. The monoisotopic (exact) mass is 244 g/mol. The van der Waals surface area contributed by atoms with Crippen molar-refractivity contribution < 1.29 is 4.79 Å². The van der Waals surface area contributed by atoms with Crippen molar-refractivity contribution in [3.8, 4) is 0 Å². The molecule has 0 radical (unpaired) electrons. The molecule has 3 rings (SSSR count). The molecule has 1 aromatic rings. The molecule has 0 aliphatic carbocycles. The van der Waals surface area contributed by atoms with E-state index in [0.717, 1.165) is 31.6 Å². The molecule has 1 atom stereocenters. The fourth-order valence-electron chi connectivity index (χ4n) is 3.19. The number of nitrogens with one attached hydrogen (secondary N) is 1. The second-order valence-electron chi connectivity index (χ2n) is 5.53. The van der Waals surface area contributed by atoms with Gasteiger partial charge in [0.1, 0.15) is 0 Å². The van der Waals surface area contributed by atoms with Crippen molar-refractivity contribution in [3.05, 3.63) is 33.9 Å². The Kier molecular flexibility index (Phi) is 2.67. The first-order chi connectivity index (χ1) is 8.59. The van der Waals surface area contributed by atoms with Gasteiger partial charge in [0.05, 0.1) is 0 Å². The average Bonchev–Trinajstić information content (AvgIpc) is 2.38. The van der Waals surface area contributed by atoms with E-state index >= 15 is 0 Å². The van der Waals surface area contributed by atoms with Crippen molar-refractivity contribution in [1.29, 1.82) is 0 Å². The van der Waals surface area contributed by atoms with E-state index in [4.69, 9.17) is 0 Å². The molecule has 0 aromatic heterocycles. The summed E-state index contributed by atoms with van der Waals surface area (Å²) in [6, 6.07) is 2.43. The molecule has 1 unspecified atom stereocenters. The first-order valence-corrected chi connectivity index (χ1v) is 6.71. The molecule has 0 spiro atoms. The fraction of sp³-hybridized carbons (Fsp3) is 0.533. The zero-order valence-electron chi connectivity index (χ0n) is 11.3. The molecule has 2 aliphatic heterocycles. The van der Waals surface area contributed by atoms with Crippen LogP contribution in [0.3, 0.4) is 0 Å². The minimum atomic E-state index is 0.231. The Morgan fingerprint density at radius 2 is 2.06 bits per heavy atom. The van der Waals surface area contributed by atoms with E-state index in [0.29, 0.717) is 6.04 Å². The third-order valence-corrected chi connectivity index (χ3v) is 4.57. The van der Waals surface area contributed by atoms with Crippen LogP contribution in [-0.4, -0.2) is 36.5 Å². The predicted molar refractivity (Wildman–Crippen MR) is 72.1 cm³/mol. The second-order valence-corrected chi connectivity index (χ2v) is 5.53. The Morgan fingerprint density at radius 3 is 2.83 bits per heavy atom. The number of amides is 1. The molecule has 1 saturated heterocycles. The molecular weight excluding hydrogens is 224 g/mol. The number of carbonyl (C=O) groups excluding carboxylic acids is 1. The van der Waals surface area contributed by atoms with Crippen molar-refractivity contribution in [1.82, 2.24) is 10.2 Å². The van der Waals surface area contributed by atoms with Crippen LogP contribution >= 0.6 is 0 Å². The molecular formula is C15H20N2O. The van der Waals surface area contributed by atoms with E-state index in [2.05, 4.69) is 32.2 Å². The van der Waals surface area contributed by atoms with Gasteiger partial charge in [-0.05, 0) is 55.5 Å². The fourth-order valence-corrected chi connectivity index (χ4v) is 3.19. The van der Waals surface area contributed by atoms with Gasteiger partial charge in [-0.25, -0.2) is 0 Å². The van der Waals surface area contributed by atoms with Crippen LogP contribution in [0.4, 0.5) is 0 Å². The number of piperazine rings is 1. The number of hydrogen-bond acceptors (Lipinski definition) is 2. The standard InChI is InChI=1S/C15H20N2O/c1-9-6-14-13(11(3)10(9)2)7-12-8-16-4-5-17(12)15(14)18/h6,12,16H,4-5,7-8H2,1-3H3. The quantitative estimate of drug-likeness (QED) is 0.751. The summed E-state index contributed by atoms with van der Waals surface area (Å²) in [7, 11) is 0. The minimum absolute atomic E-state index is 0.231. The van der Waals surface area contributed by atoms with E-state index in [-0.39, 0.29) is 5.91 Å². The molecule has 0 saturated carbocycles. The van der Waals surface area contributed by atoms with E-state index in [1.54, 1.807) is 0 Å². The van der Waals surface area contributed by atoms with Crippen LogP contribution in [0.5, 0.6) is 0 Å². The van der Waals surface area contributed by atoms with Gasteiger partial charge in [0, 0.05) is 31.2 Å². The molecule has 1 fully saturated rings.